The van der Waals surface area contributed by atoms with E-state index in [9.17, 15) is 9.90 Å². The molecule has 2 atom stereocenters. The van der Waals surface area contributed by atoms with Gasteiger partial charge >= 0.3 is 6.09 Å². The summed E-state index contributed by atoms with van der Waals surface area (Å²) >= 11 is 0. The van der Waals surface area contributed by atoms with Gasteiger partial charge in [-0.3, -0.25) is 0 Å². The molecule has 9 heteroatoms. The molecule has 0 aliphatic carbocycles. The Morgan fingerprint density at radius 3 is 2.67 bits per heavy atom. The highest BCUT2D eigenvalue weighted by Crippen LogP contribution is 2.33. The van der Waals surface area contributed by atoms with Crippen LogP contribution in [0.15, 0.2) is 45.9 Å². The van der Waals surface area contributed by atoms with Gasteiger partial charge in [0.05, 0.1) is 12.7 Å². The number of hydrogen-bond donors (Lipinski definition) is 1. The smallest absolute Gasteiger partial charge is 0.435 e. The van der Waals surface area contributed by atoms with E-state index in [1.165, 1.54) is 0 Å². The Balaban J connectivity index is 1.54. The van der Waals surface area contributed by atoms with E-state index in [0.29, 0.717) is 37.2 Å². The first kappa shape index (κ1) is 25.6. The van der Waals surface area contributed by atoms with Crippen molar-refractivity contribution < 1.29 is 23.9 Å². The van der Waals surface area contributed by atoms with Crippen LogP contribution < -0.4 is 4.74 Å². The third-order valence-electron chi connectivity index (χ3n) is 5.78. The molecule has 4 rings (SSSR count). The van der Waals surface area contributed by atoms with Gasteiger partial charge in [0, 0.05) is 12.1 Å². The number of likely N-dealkylation sites (tertiary alicyclic amines) is 1. The number of benzene rings is 2. The molecule has 1 aliphatic rings. The highest BCUT2D eigenvalue weighted by atomic mass is 16.6. The molecule has 192 valence electrons. The SMILES string of the molecule is CC(=NC(=O)OC(C)(C)C)N1CC[C@H](O)[C@H]1c1nc(-c2ccc3cc(OCC(C)C)ccc3c2)no1. The number of aromatic nitrogens is 2. The summed E-state index contributed by atoms with van der Waals surface area (Å²) < 4.78 is 16.7. The number of carbonyl (C=O) groups excluding carboxylic acids is 1. The van der Waals surface area contributed by atoms with Crippen molar-refractivity contribution in [1.29, 1.82) is 0 Å². The highest BCUT2D eigenvalue weighted by molar-refractivity contribution is 5.91. The molecule has 2 aromatic carbocycles. The minimum Gasteiger partial charge on any atom is -0.493 e. The highest BCUT2D eigenvalue weighted by Gasteiger charge is 2.39. The first-order valence-electron chi connectivity index (χ1n) is 12.2. The lowest BCUT2D eigenvalue weighted by Gasteiger charge is -2.25. The molecule has 1 fully saturated rings. The minimum atomic E-state index is -0.733. The second kappa shape index (κ2) is 10.3. The van der Waals surface area contributed by atoms with Gasteiger partial charge in [0.15, 0.2) is 0 Å². The van der Waals surface area contributed by atoms with Crippen LogP contribution >= 0.6 is 0 Å². The molecule has 1 amide bonds. The van der Waals surface area contributed by atoms with E-state index in [1.807, 2.05) is 36.4 Å². The normalized spacial score (nSPS) is 18.8. The Morgan fingerprint density at radius 1 is 1.22 bits per heavy atom. The number of fused-ring (bicyclic) bond motifs is 1. The third-order valence-corrected chi connectivity index (χ3v) is 5.78. The molecule has 9 nitrogen and oxygen atoms in total. The maximum Gasteiger partial charge on any atom is 0.435 e. The van der Waals surface area contributed by atoms with Gasteiger partial charge in [-0.05, 0) is 69.0 Å². The number of nitrogens with zero attached hydrogens (tertiary/aromatic N) is 4. The van der Waals surface area contributed by atoms with Gasteiger partial charge in [0.25, 0.3) is 5.89 Å². The average Bonchev–Trinajstić information content (AvgIpc) is 3.42. The zero-order valence-electron chi connectivity index (χ0n) is 21.7. The van der Waals surface area contributed by atoms with E-state index in [4.69, 9.17) is 14.0 Å². The maximum atomic E-state index is 12.2. The largest absolute Gasteiger partial charge is 0.493 e. The lowest BCUT2D eigenvalue weighted by Crippen LogP contribution is -2.33. The van der Waals surface area contributed by atoms with Crippen molar-refractivity contribution in [3.8, 4) is 17.1 Å². The fourth-order valence-electron chi connectivity index (χ4n) is 4.11. The van der Waals surface area contributed by atoms with Crippen molar-refractivity contribution in [3.05, 3.63) is 42.3 Å². The van der Waals surface area contributed by atoms with Crippen LogP contribution in [0.2, 0.25) is 0 Å². The quantitative estimate of drug-likeness (QED) is 0.371. The van der Waals surface area contributed by atoms with Gasteiger partial charge in [0.1, 0.15) is 23.2 Å². The van der Waals surface area contributed by atoms with Crippen molar-refractivity contribution in [2.24, 2.45) is 10.9 Å². The Labute approximate surface area is 211 Å². The Kier molecular flexibility index (Phi) is 7.31. The second-order valence-corrected chi connectivity index (χ2v) is 10.5. The molecule has 0 unspecified atom stereocenters. The van der Waals surface area contributed by atoms with E-state index < -0.39 is 23.8 Å². The van der Waals surface area contributed by atoms with Gasteiger partial charge < -0.3 is 24.0 Å². The minimum absolute atomic E-state index is 0.270. The van der Waals surface area contributed by atoms with Crippen molar-refractivity contribution in [3.63, 3.8) is 0 Å². The number of carbonyl (C=O) groups is 1. The summed E-state index contributed by atoms with van der Waals surface area (Å²) in [5.74, 6) is 2.41. The molecular weight excluding hydrogens is 460 g/mol. The number of amidine groups is 1. The molecule has 0 saturated carbocycles. The van der Waals surface area contributed by atoms with Gasteiger partial charge in [-0.1, -0.05) is 37.2 Å². The maximum absolute atomic E-state index is 12.2. The zero-order valence-corrected chi connectivity index (χ0v) is 21.7. The molecule has 0 bridgehead atoms. The number of aliphatic hydroxyl groups is 1. The summed E-state index contributed by atoms with van der Waals surface area (Å²) in [6.45, 7) is 12.4. The van der Waals surface area contributed by atoms with E-state index in [2.05, 4.69) is 29.0 Å². The molecule has 1 aromatic heterocycles. The topological polar surface area (TPSA) is 110 Å². The van der Waals surface area contributed by atoms with Crippen LogP contribution in [0.25, 0.3) is 22.2 Å². The first-order chi connectivity index (χ1) is 17.0. The number of ether oxygens (including phenoxy) is 2. The van der Waals surface area contributed by atoms with Gasteiger partial charge in [-0.2, -0.15) is 9.98 Å². The van der Waals surface area contributed by atoms with Crippen LogP contribution in [0, 0.1) is 5.92 Å². The van der Waals surface area contributed by atoms with Crippen LogP contribution in [0.4, 0.5) is 4.79 Å². The monoisotopic (exact) mass is 494 g/mol. The summed E-state index contributed by atoms with van der Waals surface area (Å²) in [7, 11) is 0. The lowest BCUT2D eigenvalue weighted by atomic mass is 10.1. The molecule has 1 saturated heterocycles. The van der Waals surface area contributed by atoms with Crippen LogP contribution in [0.3, 0.4) is 0 Å². The van der Waals surface area contributed by atoms with Gasteiger partial charge in [0.2, 0.25) is 5.82 Å². The predicted molar refractivity (Wildman–Crippen MR) is 137 cm³/mol. The fourth-order valence-corrected chi connectivity index (χ4v) is 4.11. The number of amides is 1. The van der Waals surface area contributed by atoms with Crippen LogP contribution in [-0.2, 0) is 4.74 Å². The summed E-state index contributed by atoms with van der Waals surface area (Å²) in [4.78, 5) is 22.6. The van der Waals surface area contributed by atoms with E-state index in [-0.39, 0.29) is 5.89 Å². The summed E-state index contributed by atoms with van der Waals surface area (Å²) in [5.41, 5.74) is 0.154. The molecular formula is C27H34N4O5. The first-order valence-corrected chi connectivity index (χ1v) is 12.2. The Hall–Kier alpha value is -3.46. The number of rotatable bonds is 5. The van der Waals surface area contributed by atoms with E-state index in [0.717, 1.165) is 22.1 Å². The molecule has 3 aromatic rings. The number of hydrogen-bond acceptors (Lipinski definition) is 7. The van der Waals surface area contributed by atoms with Crippen molar-refractivity contribution in [2.75, 3.05) is 13.2 Å². The standard InChI is InChI=1S/C27H34N4O5/c1-16(2)15-34-21-10-9-18-13-20(8-7-19(18)14-21)24-29-25(36-30-24)23-22(32)11-12-31(23)17(3)28-26(33)35-27(4,5)6/h7-10,13-14,16,22-23,32H,11-12,15H2,1-6H3/t22-,23-/m0/s1. The fraction of sp³-hybridized carbons (Fsp3) is 0.481. The average molecular weight is 495 g/mol. The third kappa shape index (κ3) is 6.02. The van der Waals surface area contributed by atoms with Crippen LogP contribution in [0.1, 0.15) is 59.9 Å². The lowest BCUT2D eigenvalue weighted by molar-refractivity contribution is 0.0599. The second-order valence-electron chi connectivity index (χ2n) is 10.5. The van der Waals surface area contributed by atoms with Gasteiger partial charge in [-0.25, -0.2) is 4.79 Å². The predicted octanol–water partition coefficient (Wildman–Crippen LogP) is 5.39. The molecule has 1 N–H and O–H groups in total. The van der Waals surface area contributed by atoms with Gasteiger partial charge in [-0.15, -0.1) is 0 Å². The van der Waals surface area contributed by atoms with E-state index >= 15 is 0 Å². The van der Waals surface area contributed by atoms with Crippen LogP contribution in [-0.4, -0.2) is 56.9 Å². The summed E-state index contributed by atoms with van der Waals surface area (Å²) in [6, 6.07) is 11.3. The van der Waals surface area contributed by atoms with Crippen molar-refractivity contribution in [1.82, 2.24) is 15.0 Å². The molecule has 0 spiro atoms. The van der Waals surface area contributed by atoms with Crippen molar-refractivity contribution in [2.45, 2.75) is 65.7 Å². The molecule has 2 heterocycles. The summed E-state index contributed by atoms with van der Waals surface area (Å²) in [6.07, 6.45) is -0.927. The molecule has 1 aliphatic heterocycles. The Bertz CT molecular complexity index is 1260. The van der Waals surface area contributed by atoms with E-state index in [1.54, 1.807) is 32.6 Å². The van der Waals surface area contributed by atoms with Crippen molar-refractivity contribution >= 4 is 22.7 Å². The number of aliphatic imine (C=N–C) groups is 1. The Morgan fingerprint density at radius 2 is 1.94 bits per heavy atom. The molecule has 0 radical (unpaired) electrons. The zero-order chi connectivity index (χ0) is 26.0. The van der Waals surface area contributed by atoms with Crippen LogP contribution in [0.5, 0.6) is 5.75 Å². The number of aliphatic hydroxyl groups excluding tert-OH is 1. The molecule has 36 heavy (non-hydrogen) atoms. The summed E-state index contributed by atoms with van der Waals surface area (Å²) in [5, 5.41) is 16.9.